The molecule has 0 spiro atoms. The van der Waals surface area contributed by atoms with Crippen LogP contribution in [0.3, 0.4) is 0 Å². The maximum Gasteiger partial charge on any atom is 0.262 e. The highest BCUT2D eigenvalue weighted by molar-refractivity contribution is 5.97. The standard InChI is InChI=1S/C23H28N2O3/c1-15(2)20-9-8-19(13-16(20)3)28-14-22(26)24-18-7-10-21(17(4)12-18)25-11-5-6-23(25)27/h7-10,12-13,15H,5-6,11,14H2,1-4H3,(H,24,26). The van der Waals surface area contributed by atoms with E-state index < -0.39 is 0 Å². The molecule has 0 aromatic heterocycles. The SMILES string of the molecule is Cc1cc(OCC(=O)Nc2ccc(N3CCCC3=O)c(C)c2)ccc1C(C)C. The monoisotopic (exact) mass is 380 g/mol. The average Bonchev–Trinajstić information content (AvgIpc) is 3.05. The molecule has 0 saturated carbocycles. The summed E-state index contributed by atoms with van der Waals surface area (Å²) in [6.07, 6.45) is 1.50. The Morgan fingerprint density at radius 3 is 2.54 bits per heavy atom. The molecule has 0 aliphatic carbocycles. The largest absolute Gasteiger partial charge is 0.484 e. The van der Waals surface area contributed by atoms with Crippen molar-refractivity contribution in [3.8, 4) is 5.75 Å². The highest BCUT2D eigenvalue weighted by Crippen LogP contribution is 2.27. The van der Waals surface area contributed by atoms with E-state index in [0.717, 1.165) is 29.8 Å². The van der Waals surface area contributed by atoms with Crippen molar-refractivity contribution in [3.05, 3.63) is 53.1 Å². The molecule has 0 radical (unpaired) electrons. The van der Waals surface area contributed by atoms with Crippen molar-refractivity contribution < 1.29 is 14.3 Å². The Bertz CT molecular complexity index is 889. The van der Waals surface area contributed by atoms with Crippen molar-refractivity contribution in [2.24, 2.45) is 0 Å². The molecule has 2 amide bonds. The molecule has 28 heavy (non-hydrogen) atoms. The van der Waals surface area contributed by atoms with Gasteiger partial charge < -0.3 is 15.0 Å². The number of anilines is 2. The summed E-state index contributed by atoms with van der Waals surface area (Å²) in [6, 6.07) is 11.5. The van der Waals surface area contributed by atoms with Crippen LogP contribution in [-0.2, 0) is 9.59 Å². The van der Waals surface area contributed by atoms with E-state index in [1.807, 2.05) is 42.2 Å². The average molecular weight is 380 g/mol. The predicted molar refractivity (Wildman–Crippen MR) is 112 cm³/mol. The molecule has 0 atom stereocenters. The third-order valence-electron chi connectivity index (χ3n) is 5.08. The Hall–Kier alpha value is -2.82. The van der Waals surface area contributed by atoms with Crippen molar-refractivity contribution in [2.75, 3.05) is 23.4 Å². The number of carbonyl (C=O) groups is 2. The first-order valence-electron chi connectivity index (χ1n) is 9.79. The lowest BCUT2D eigenvalue weighted by molar-refractivity contribution is -0.118. The fraction of sp³-hybridized carbons (Fsp3) is 0.391. The summed E-state index contributed by atoms with van der Waals surface area (Å²) in [7, 11) is 0. The van der Waals surface area contributed by atoms with Gasteiger partial charge in [0.2, 0.25) is 5.91 Å². The van der Waals surface area contributed by atoms with E-state index in [2.05, 4.69) is 32.2 Å². The molecule has 148 valence electrons. The van der Waals surface area contributed by atoms with Crippen LogP contribution in [0.4, 0.5) is 11.4 Å². The van der Waals surface area contributed by atoms with E-state index in [1.54, 1.807) is 0 Å². The van der Waals surface area contributed by atoms with Crippen molar-refractivity contribution in [3.63, 3.8) is 0 Å². The molecule has 3 rings (SSSR count). The first kappa shape index (κ1) is 19.9. The molecule has 5 heteroatoms. The number of nitrogens with one attached hydrogen (secondary N) is 1. The molecule has 1 saturated heterocycles. The van der Waals surface area contributed by atoms with E-state index in [1.165, 1.54) is 5.56 Å². The van der Waals surface area contributed by atoms with Gasteiger partial charge in [0.1, 0.15) is 5.75 Å². The molecule has 2 aromatic carbocycles. The van der Waals surface area contributed by atoms with Gasteiger partial charge in [-0.15, -0.1) is 0 Å². The second-order valence-electron chi connectivity index (χ2n) is 7.66. The highest BCUT2D eigenvalue weighted by atomic mass is 16.5. The summed E-state index contributed by atoms with van der Waals surface area (Å²) in [4.78, 5) is 26.0. The van der Waals surface area contributed by atoms with Gasteiger partial charge in [-0.05, 0) is 73.2 Å². The molecular weight excluding hydrogens is 352 g/mol. The third-order valence-corrected chi connectivity index (χ3v) is 5.08. The second kappa shape index (κ2) is 8.46. The summed E-state index contributed by atoms with van der Waals surface area (Å²) >= 11 is 0. The van der Waals surface area contributed by atoms with E-state index in [9.17, 15) is 9.59 Å². The van der Waals surface area contributed by atoms with Crippen molar-refractivity contribution in [1.82, 2.24) is 0 Å². The van der Waals surface area contributed by atoms with Gasteiger partial charge in [0.15, 0.2) is 6.61 Å². The van der Waals surface area contributed by atoms with Crippen LogP contribution < -0.4 is 15.0 Å². The Kier molecular flexibility index (Phi) is 6.02. The van der Waals surface area contributed by atoms with Gasteiger partial charge in [-0.1, -0.05) is 19.9 Å². The molecule has 0 unspecified atom stereocenters. The first-order chi connectivity index (χ1) is 13.3. The van der Waals surface area contributed by atoms with Gasteiger partial charge in [-0.3, -0.25) is 9.59 Å². The zero-order chi connectivity index (χ0) is 20.3. The molecule has 1 N–H and O–H groups in total. The van der Waals surface area contributed by atoms with Gasteiger partial charge in [-0.25, -0.2) is 0 Å². The zero-order valence-electron chi connectivity index (χ0n) is 17.0. The summed E-state index contributed by atoms with van der Waals surface area (Å²) in [6.45, 7) is 9.02. The quantitative estimate of drug-likeness (QED) is 0.798. The van der Waals surface area contributed by atoms with Gasteiger partial charge in [0, 0.05) is 24.3 Å². The fourth-order valence-electron chi connectivity index (χ4n) is 3.67. The summed E-state index contributed by atoms with van der Waals surface area (Å²) < 4.78 is 5.64. The van der Waals surface area contributed by atoms with E-state index in [0.29, 0.717) is 23.8 Å². The maximum atomic E-state index is 12.2. The Balaban J connectivity index is 1.58. The number of rotatable bonds is 6. The second-order valence-corrected chi connectivity index (χ2v) is 7.66. The molecule has 1 heterocycles. The van der Waals surface area contributed by atoms with Crippen LogP contribution in [-0.4, -0.2) is 25.0 Å². The number of nitrogens with zero attached hydrogens (tertiary/aromatic N) is 1. The topological polar surface area (TPSA) is 58.6 Å². The van der Waals surface area contributed by atoms with Crippen molar-refractivity contribution in [1.29, 1.82) is 0 Å². The Morgan fingerprint density at radius 2 is 1.93 bits per heavy atom. The first-order valence-corrected chi connectivity index (χ1v) is 9.79. The predicted octanol–water partition coefficient (Wildman–Crippen LogP) is 4.57. The van der Waals surface area contributed by atoms with Crippen LogP contribution >= 0.6 is 0 Å². The molecule has 2 aromatic rings. The lowest BCUT2D eigenvalue weighted by atomic mass is 9.98. The third kappa shape index (κ3) is 4.53. The summed E-state index contributed by atoms with van der Waals surface area (Å²) in [5, 5.41) is 2.86. The molecule has 5 nitrogen and oxygen atoms in total. The molecular formula is C23H28N2O3. The number of benzene rings is 2. The molecule has 1 fully saturated rings. The van der Waals surface area contributed by atoms with Crippen molar-refractivity contribution in [2.45, 2.75) is 46.5 Å². The Morgan fingerprint density at radius 1 is 1.14 bits per heavy atom. The number of amides is 2. The molecule has 1 aliphatic rings. The van der Waals surface area contributed by atoms with E-state index in [-0.39, 0.29) is 18.4 Å². The van der Waals surface area contributed by atoms with Crippen LogP contribution in [0.2, 0.25) is 0 Å². The minimum Gasteiger partial charge on any atom is -0.484 e. The number of aryl methyl sites for hydroxylation is 2. The van der Waals surface area contributed by atoms with Gasteiger partial charge >= 0.3 is 0 Å². The van der Waals surface area contributed by atoms with Gasteiger partial charge in [0.05, 0.1) is 0 Å². The minimum absolute atomic E-state index is 0.0497. The number of hydrogen-bond acceptors (Lipinski definition) is 3. The van der Waals surface area contributed by atoms with E-state index >= 15 is 0 Å². The number of ether oxygens (including phenoxy) is 1. The zero-order valence-corrected chi connectivity index (χ0v) is 17.0. The Labute approximate surface area is 166 Å². The normalized spacial score (nSPS) is 13.9. The number of hydrogen-bond donors (Lipinski definition) is 1. The number of carbonyl (C=O) groups excluding carboxylic acids is 2. The lowest BCUT2D eigenvalue weighted by Gasteiger charge is -2.19. The van der Waals surface area contributed by atoms with Gasteiger partial charge in [0.25, 0.3) is 5.91 Å². The lowest BCUT2D eigenvalue weighted by Crippen LogP contribution is -2.24. The van der Waals surface area contributed by atoms with Crippen LogP contribution in [0.1, 0.15) is 49.3 Å². The van der Waals surface area contributed by atoms with Gasteiger partial charge in [-0.2, -0.15) is 0 Å². The highest BCUT2D eigenvalue weighted by Gasteiger charge is 2.23. The fourth-order valence-corrected chi connectivity index (χ4v) is 3.67. The van der Waals surface area contributed by atoms with Crippen LogP contribution in [0.15, 0.2) is 36.4 Å². The molecule has 1 aliphatic heterocycles. The summed E-state index contributed by atoms with van der Waals surface area (Å²) in [5.74, 6) is 1.09. The van der Waals surface area contributed by atoms with Crippen LogP contribution in [0.5, 0.6) is 5.75 Å². The maximum absolute atomic E-state index is 12.2. The van der Waals surface area contributed by atoms with Crippen molar-refractivity contribution >= 4 is 23.2 Å². The minimum atomic E-state index is -0.213. The summed E-state index contributed by atoms with van der Waals surface area (Å²) in [5.41, 5.74) is 5.03. The van der Waals surface area contributed by atoms with Crippen LogP contribution in [0.25, 0.3) is 0 Å². The molecule has 0 bridgehead atoms. The van der Waals surface area contributed by atoms with Crippen LogP contribution in [0, 0.1) is 13.8 Å². The smallest absolute Gasteiger partial charge is 0.262 e. The van der Waals surface area contributed by atoms with E-state index in [4.69, 9.17) is 4.74 Å².